The molecule has 0 bridgehead atoms. The van der Waals surface area contributed by atoms with Crippen molar-refractivity contribution in [2.75, 3.05) is 0 Å². The van der Waals surface area contributed by atoms with Crippen LogP contribution in [0.5, 0.6) is 11.5 Å². The Morgan fingerprint density at radius 2 is 1.89 bits per heavy atom. The predicted octanol–water partition coefficient (Wildman–Crippen LogP) is 3.85. The summed E-state index contributed by atoms with van der Waals surface area (Å²) in [6.45, 7) is 4.89. The number of ether oxygens (including phenoxy) is 1. The van der Waals surface area contributed by atoms with Crippen LogP contribution < -0.4 is 10.5 Å². The van der Waals surface area contributed by atoms with Crippen LogP contribution >= 0.6 is 0 Å². The number of rotatable bonds is 5. The zero-order valence-corrected chi connectivity index (χ0v) is 11.5. The molecule has 0 amide bonds. The van der Waals surface area contributed by atoms with Crippen molar-refractivity contribution < 1.29 is 4.74 Å². The van der Waals surface area contributed by atoms with Crippen LogP contribution in [0.25, 0.3) is 0 Å². The van der Waals surface area contributed by atoms with Crippen molar-refractivity contribution in [2.45, 2.75) is 32.7 Å². The standard InChI is InChI=1S/C16H20N2O/c1-3-12(2)14-4-6-15(7-5-14)19-16-8-13(9-17)10-18-11-16/h4-8,10-12H,3,9,17H2,1-2H3. The summed E-state index contributed by atoms with van der Waals surface area (Å²) in [5.74, 6) is 2.12. The van der Waals surface area contributed by atoms with E-state index in [1.807, 2.05) is 18.2 Å². The molecule has 2 rings (SSSR count). The van der Waals surface area contributed by atoms with E-state index in [-0.39, 0.29) is 0 Å². The predicted molar refractivity (Wildman–Crippen MR) is 77.4 cm³/mol. The van der Waals surface area contributed by atoms with Crippen LogP contribution in [0.2, 0.25) is 0 Å². The summed E-state index contributed by atoms with van der Waals surface area (Å²) in [7, 11) is 0. The first-order valence-corrected chi connectivity index (χ1v) is 6.64. The zero-order valence-electron chi connectivity index (χ0n) is 11.5. The van der Waals surface area contributed by atoms with E-state index in [1.165, 1.54) is 5.56 Å². The second-order valence-electron chi connectivity index (χ2n) is 4.71. The fourth-order valence-electron chi connectivity index (χ4n) is 1.87. The van der Waals surface area contributed by atoms with E-state index >= 15 is 0 Å². The summed E-state index contributed by atoms with van der Waals surface area (Å²) in [5.41, 5.74) is 7.89. The molecule has 0 aliphatic heterocycles. The molecule has 3 heteroatoms. The van der Waals surface area contributed by atoms with Gasteiger partial charge in [0.05, 0.1) is 6.20 Å². The molecule has 0 aliphatic carbocycles. The molecule has 19 heavy (non-hydrogen) atoms. The minimum Gasteiger partial charge on any atom is -0.456 e. The first kappa shape index (κ1) is 13.6. The Labute approximate surface area is 114 Å². The molecule has 0 spiro atoms. The highest BCUT2D eigenvalue weighted by molar-refractivity contribution is 5.34. The molecule has 1 aromatic heterocycles. The first-order valence-electron chi connectivity index (χ1n) is 6.64. The molecule has 3 nitrogen and oxygen atoms in total. The number of pyridine rings is 1. The quantitative estimate of drug-likeness (QED) is 0.884. The van der Waals surface area contributed by atoms with E-state index in [0.717, 1.165) is 23.5 Å². The zero-order chi connectivity index (χ0) is 13.7. The molecule has 1 unspecified atom stereocenters. The van der Waals surface area contributed by atoms with Gasteiger partial charge in [0.15, 0.2) is 0 Å². The first-order chi connectivity index (χ1) is 9.22. The van der Waals surface area contributed by atoms with Crippen LogP contribution in [0.4, 0.5) is 0 Å². The second-order valence-corrected chi connectivity index (χ2v) is 4.71. The number of hydrogen-bond acceptors (Lipinski definition) is 3. The third-order valence-corrected chi connectivity index (χ3v) is 3.30. The molecule has 0 saturated carbocycles. The second kappa shape index (κ2) is 6.34. The molecular weight excluding hydrogens is 236 g/mol. The van der Waals surface area contributed by atoms with Gasteiger partial charge in [-0.2, -0.15) is 0 Å². The topological polar surface area (TPSA) is 48.1 Å². The van der Waals surface area contributed by atoms with Crippen molar-refractivity contribution in [3.05, 3.63) is 53.9 Å². The Balaban J connectivity index is 2.10. The summed E-state index contributed by atoms with van der Waals surface area (Å²) in [4.78, 5) is 4.11. The summed E-state index contributed by atoms with van der Waals surface area (Å²) >= 11 is 0. The van der Waals surface area contributed by atoms with E-state index < -0.39 is 0 Å². The highest BCUT2D eigenvalue weighted by atomic mass is 16.5. The minimum absolute atomic E-state index is 0.469. The van der Waals surface area contributed by atoms with Gasteiger partial charge in [-0.25, -0.2) is 0 Å². The number of nitrogens with zero attached hydrogens (tertiary/aromatic N) is 1. The molecule has 2 N–H and O–H groups in total. The summed E-state index contributed by atoms with van der Waals surface area (Å²) in [6.07, 6.45) is 4.59. The normalized spacial score (nSPS) is 12.2. The summed E-state index contributed by atoms with van der Waals surface area (Å²) < 4.78 is 5.77. The van der Waals surface area contributed by atoms with Gasteiger partial charge in [-0.15, -0.1) is 0 Å². The van der Waals surface area contributed by atoms with Crippen LogP contribution in [-0.4, -0.2) is 4.98 Å². The van der Waals surface area contributed by atoms with Crippen LogP contribution in [-0.2, 0) is 6.54 Å². The van der Waals surface area contributed by atoms with Gasteiger partial charge in [-0.3, -0.25) is 4.98 Å². The molecule has 0 radical (unpaired) electrons. The Morgan fingerprint density at radius 3 is 2.53 bits per heavy atom. The molecule has 1 atom stereocenters. The van der Waals surface area contributed by atoms with Gasteiger partial charge in [0.25, 0.3) is 0 Å². The van der Waals surface area contributed by atoms with Crippen LogP contribution in [0.3, 0.4) is 0 Å². The number of hydrogen-bond donors (Lipinski definition) is 1. The van der Waals surface area contributed by atoms with Gasteiger partial charge in [0.1, 0.15) is 11.5 Å². The fourth-order valence-corrected chi connectivity index (χ4v) is 1.87. The lowest BCUT2D eigenvalue weighted by Crippen LogP contribution is -1.97. The Kier molecular flexibility index (Phi) is 4.53. The van der Waals surface area contributed by atoms with Gasteiger partial charge < -0.3 is 10.5 Å². The van der Waals surface area contributed by atoms with Gasteiger partial charge in [0.2, 0.25) is 0 Å². The number of nitrogens with two attached hydrogens (primary N) is 1. The lowest BCUT2D eigenvalue weighted by Gasteiger charge is -2.10. The van der Waals surface area contributed by atoms with Gasteiger partial charge in [-0.05, 0) is 41.7 Å². The summed E-state index contributed by atoms with van der Waals surface area (Å²) in [5, 5.41) is 0. The SMILES string of the molecule is CCC(C)c1ccc(Oc2cncc(CN)c2)cc1. The average Bonchev–Trinajstić information content (AvgIpc) is 2.47. The van der Waals surface area contributed by atoms with Crippen LogP contribution in [0, 0.1) is 0 Å². The smallest absolute Gasteiger partial charge is 0.146 e. The number of aromatic nitrogens is 1. The van der Waals surface area contributed by atoms with Crippen molar-refractivity contribution >= 4 is 0 Å². The van der Waals surface area contributed by atoms with E-state index in [1.54, 1.807) is 12.4 Å². The van der Waals surface area contributed by atoms with Gasteiger partial charge in [-0.1, -0.05) is 26.0 Å². The fraction of sp³-hybridized carbons (Fsp3) is 0.312. The molecule has 0 saturated heterocycles. The maximum absolute atomic E-state index is 5.77. The Hall–Kier alpha value is -1.87. The maximum Gasteiger partial charge on any atom is 0.146 e. The van der Waals surface area contributed by atoms with Crippen molar-refractivity contribution in [2.24, 2.45) is 5.73 Å². The molecule has 0 aliphatic rings. The Bertz CT molecular complexity index is 523. The van der Waals surface area contributed by atoms with E-state index in [2.05, 4.69) is 31.0 Å². The monoisotopic (exact) mass is 256 g/mol. The third-order valence-electron chi connectivity index (χ3n) is 3.30. The maximum atomic E-state index is 5.77. The van der Waals surface area contributed by atoms with Gasteiger partial charge in [0, 0.05) is 12.7 Å². The van der Waals surface area contributed by atoms with Crippen molar-refractivity contribution in [3.8, 4) is 11.5 Å². The summed E-state index contributed by atoms with van der Waals surface area (Å²) in [6, 6.07) is 10.1. The van der Waals surface area contributed by atoms with E-state index in [0.29, 0.717) is 12.5 Å². The van der Waals surface area contributed by atoms with Crippen molar-refractivity contribution in [3.63, 3.8) is 0 Å². The molecule has 1 heterocycles. The highest BCUT2D eigenvalue weighted by Crippen LogP contribution is 2.25. The molecule has 0 fully saturated rings. The molecular formula is C16H20N2O. The Morgan fingerprint density at radius 1 is 1.16 bits per heavy atom. The number of benzene rings is 1. The molecule has 1 aromatic carbocycles. The molecule has 100 valence electrons. The van der Waals surface area contributed by atoms with Crippen molar-refractivity contribution in [1.82, 2.24) is 4.98 Å². The van der Waals surface area contributed by atoms with Crippen LogP contribution in [0.15, 0.2) is 42.7 Å². The van der Waals surface area contributed by atoms with Crippen LogP contribution in [0.1, 0.15) is 37.3 Å². The van der Waals surface area contributed by atoms with Crippen molar-refractivity contribution in [1.29, 1.82) is 0 Å². The average molecular weight is 256 g/mol. The third kappa shape index (κ3) is 3.55. The molecule has 2 aromatic rings. The largest absolute Gasteiger partial charge is 0.456 e. The lowest BCUT2D eigenvalue weighted by molar-refractivity contribution is 0.479. The minimum atomic E-state index is 0.469. The van der Waals surface area contributed by atoms with Gasteiger partial charge >= 0.3 is 0 Å². The highest BCUT2D eigenvalue weighted by Gasteiger charge is 2.04. The van der Waals surface area contributed by atoms with E-state index in [4.69, 9.17) is 10.5 Å². The lowest BCUT2D eigenvalue weighted by atomic mass is 9.99. The van der Waals surface area contributed by atoms with E-state index in [9.17, 15) is 0 Å².